The quantitative estimate of drug-likeness (QED) is 0.515. The molecular weight excluding hydrogens is 282 g/mol. The predicted molar refractivity (Wildman–Crippen MR) is 78.8 cm³/mol. The van der Waals surface area contributed by atoms with Crippen LogP contribution in [0, 0.1) is 5.41 Å². The molecule has 0 aromatic carbocycles. The molecule has 0 radical (unpaired) electrons. The third kappa shape index (κ3) is 6.65. The highest BCUT2D eigenvalue weighted by Gasteiger charge is 2.27. The summed E-state index contributed by atoms with van der Waals surface area (Å²) < 4.78 is 0. The molecule has 0 aliphatic heterocycles. The van der Waals surface area contributed by atoms with Crippen molar-refractivity contribution in [1.82, 2.24) is 16.0 Å². The highest BCUT2D eigenvalue weighted by Crippen LogP contribution is 2.12. The molecule has 0 aliphatic rings. The summed E-state index contributed by atoms with van der Waals surface area (Å²) >= 11 is 1.51. The van der Waals surface area contributed by atoms with E-state index in [-0.39, 0.29) is 12.5 Å². The number of hydrogen-bond acceptors (Lipinski definition) is 4. The van der Waals surface area contributed by atoms with Gasteiger partial charge in [0.05, 0.1) is 5.41 Å². The van der Waals surface area contributed by atoms with Gasteiger partial charge in [-0.2, -0.15) is 11.8 Å². The van der Waals surface area contributed by atoms with E-state index in [1.165, 1.54) is 18.8 Å². The monoisotopic (exact) mass is 305 g/mol. The van der Waals surface area contributed by atoms with Crippen LogP contribution >= 0.6 is 11.8 Å². The van der Waals surface area contributed by atoms with Gasteiger partial charge in [0.1, 0.15) is 6.04 Å². The van der Waals surface area contributed by atoms with E-state index in [1.807, 2.05) is 6.26 Å². The van der Waals surface area contributed by atoms with Crippen molar-refractivity contribution in [1.29, 1.82) is 0 Å². The predicted octanol–water partition coefficient (Wildman–Crippen LogP) is 0.264. The molecule has 0 aliphatic carbocycles. The minimum absolute atomic E-state index is 0.118. The molecule has 0 heterocycles. The fourth-order valence-electron chi connectivity index (χ4n) is 1.42. The Morgan fingerprint density at radius 2 is 1.90 bits per heavy atom. The van der Waals surface area contributed by atoms with E-state index in [2.05, 4.69) is 16.0 Å². The zero-order valence-electron chi connectivity index (χ0n) is 12.3. The van der Waals surface area contributed by atoms with Crippen LogP contribution < -0.4 is 16.0 Å². The van der Waals surface area contributed by atoms with Crippen molar-refractivity contribution in [3.05, 3.63) is 0 Å². The van der Waals surface area contributed by atoms with Gasteiger partial charge in [0.2, 0.25) is 5.91 Å². The smallest absolute Gasteiger partial charge is 0.326 e. The SMILES string of the molecule is CNC(=O)C(C)(C)CNC(=O)N[C@@H](CCSC)C(=O)O. The van der Waals surface area contributed by atoms with Gasteiger partial charge in [-0.05, 0) is 32.3 Å². The highest BCUT2D eigenvalue weighted by atomic mass is 32.2. The van der Waals surface area contributed by atoms with Crippen LogP contribution in [0.5, 0.6) is 0 Å². The molecule has 8 heteroatoms. The van der Waals surface area contributed by atoms with Gasteiger partial charge in [-0.1, -0.05) is 0 Å². The number of urea groups is 1. The number of carboxylic acids is 1. The van der Waals surface area contributed by atoms with Gasteiger partial charge in [-0.25, -0.2) is 9.59 Å². The maximum atomic E-state index is 11.7. The van der Waals surface area contributed by atoms with E-state index >= 15 is 0 Å². The Morgan fingerprint density at radius 3 is 2.35 bits per heavy atom. The number of thioether (sulfide) groups is 1. The highest BCUT2D eigenvalue weighted by molar-refractivity contribution is 7.98. The number of hydrogen-bond donors (Lipinski definition) is 4. The van der Waals surface area contributed by atoms with Gasteiger partial charge >= 0.3 is 12.0 Å². The fourth-order valence-corrected chi connectivity index (χ4v) is 1.89. The molecule has 0 saturated carbocycles. The second-order valence-electron chi connectivity index (χ2n) is 4.96. The molecule has 0 aromatic heterocycles. The first kappa shape index (κ1) is 18.6. The van der Waals surface area contributed by atoms with Crippen molar-refractivity contribution in [2.24, 2.45) is 5.41 Å². The maximum Gasteiger partial charge on any atom is 0.326 e. The lowest BCUT2D eigenvalue weighted by molar-refractivity contribution is -0.139. The van der Waals surface area contributed by atoms with Crippen molar-refractivity contribution in [2.75, 3.05) is 25.6 Å². The average Bonchev–Trinajstić information content (AvgIpc) is 2.39. The van der Waals surface area contributed by atoms with E-state index in [0.29, 0.717) is 12.2 Å². The molecule has 0 rings (SSSR count). The third-order valence-corrected chi connectivity index (χ3v) is 3.39. The van der Waals surface area contributed by atoms with Crippen LogP contribution in [0.15, 0.2) is 0 Å². The normalized spacial score (nSPS) is 12.4. The Bertz CT molecular complexity index is 361. The topological polar surface area (TPSA) is 108 Å². The van der Waals surface area contributed by atoms with Gasteiger partial charge < -0.3 is 21.1 Å². The standard InChI is InChI=1S/C12H23N3O4S/c1-12(2,10(18)13-3)7-14-11(19)15-8(9(16)17)5-6-20-4/h8H,5-7H2,1-4H3,(H,13,18)(H,16,17)(H2,14,15,19)/t8-/m0/s1. The lowest BCUT2D eigenvalue weighted by Gasteiger charge is -2.23. The van der Waals surface area contributed by atoms with Gasteiger partial charge in [0.25, 0.3) is 0 Å². The molecule has 0 fully saturated rings. The Balaban J connectivity index is 4.33. The number of carboxylic acid groups (broad SMARTS) is 1. The van der Waals surface area contributed by atoms with Crippen LogP contribution in [0.25, 0.3) is 0 Å². The molecule has 0 spiro atoms. The Kier molecular flexibility index (Phi) is 8.05. The van der Waals surface area contributed by atoms with Gasteiger partial charge in [-0.15, -0.1) is 0 Å². The molecule has 1 atom stereocenters. The summed E-state index contributed by atoms with van der Waals surface area (Å²) in [7, 11) is 1.52. The van der Waals surface area contributed by atoms with Crippen LogP contribution in [0.1, 0.15) is 20.3 Å². The second kappa shape index (κ2) is 8.68. The Labute approximate surface area is 123 Å². The summed E-state index contributed by atoms with van der Waals surface area (Å²) in [5, 5.41) is 16.4. The lowest BCUT2D eigenvalue weighted by Crippen LogP contribution is -2.50. The van der Waals surface area contributed by atoms with Crippen LogP contribution in [0.4, 0.5) is 4.79 Å². The molecule has 116 valence electrons. The number of rotatable bonds is 8. The van der Waals surface area contributed by atoms with Crippen LogP contribution in [0.3, 0.4) is 0 Å². The third-order valence-electron chi connectivity index (χ3n) is 2.75. The Morgan fingerprint density at radius 1 is 1.30 bits per heavy atom. The zero-order chi connectivity index (χ0) is 15.8. The lowest BCUT2D eigenvalue weighted by atomic mass is 9.92. The zero-order valence-corrected chi connectivity index (χ0v) is 13.1. The summed E-state index contributed by atoms with van der Waals surface area (Å²) in [5.74, 6) is -0.629. The number of carbonyl (C=O) groups excluding carboxylic acids is 2. The van der Waals surface area contributed by atoms with E-state index in [0.717, 1.165) is 0 Å². The first-order chi connectivity index (χ1) is 9.24. The van der Waals surface area contributed by atoms with Crippen LogP contribution in [-0.2, 0) is 9.59 Å². The number of carbonyl (C=O) groups is 3. The summed E-state index contributed by atoms with van der Waals surface area (Å²) in [6, 6.07) is -1.51. The van der Waals surface area contributed by atoms with Gasteiger partial charge in [-0.3, -0.25) is 4.79 Å². The van der Waals surface area contributed by atoms with Crippen molar-refractivity contribution in [3.8, 4) is 0 Å². The molecule has 0 bridgehead atoms. The first-order valence-electron chi connectivity index (χ1n) is 6.23. The van der Waals surface area contributed by atoms with Crippen molar-refractivity contribution in [3.63, 3.8) is 0 Å². The van der Waals surface area contributed by atoms with E-state index in [9.17, 15) is 14.4 Å². The van der Waals surface area contributed by atoms with Crippen molar-refractivity contribution in [2.45, 2.75) is 26.3 Å². The average molecular weight is 305 g/mol. The second-order valence-corrected chi connectivity index (χ2v) is 5.95. The molecular formula is C12H23N3O4S. The summed E-state index contributed by atoms with van der Waals surface area (Å²) in [6.07, 6.45) is 2.22. The summed E-state index contributed by atoms with van der Waals surface area (Å²) in [5.41, 5.74) is -0.760. The summed E-state index contributed by atoms with van der Waals surface area (Å²) in [6.45, 7) is 3.50. The number of aliphatic carboxylic acids is 1. The molecule has 20 heavy (non-hydrogen) atoms. The molecule has 0 unspecified atom stereocenters. The molecule has 7 nitrogen and oxygen atoms in total. The fraction of sp³-hybridized carbons (Fsp3) is 0.750. The molecule has 3 amide bonds. The number of nitrogens with one attached hydrogen (secondary N) is 3. The summed E-state index contributed by atoms with van der Waals surface area (Å²) in [4.78, 5) is 34.2. The van der Waals surface area contributed by atoms with E-state index in [1.54, 1.807) is 13.8 Å². The van der Waals surface area contributed by atoms with Crippen LogP contribution in [0.2, 0.25) is 0 Å². The van der Waals surface area contributed by atoms with E-state index in [4.69, 9.17) is 5.11 Å². The maximum absolute atomic E-state index is 11.7. The minimum Gasteiger partial charge on any atom is -0.480 e. The molecule has 0 saturated heterocycles. The van der Waals surface area contributed by atoms with E-state index < -0.39 is 23.5 Å². The molecule has 4 N–H and O–H groups in total. The van der Waals surface area contributed by atoms with Crippen molar-refractivity contribution >= 4 is 29.7 Å². The van der Waals surface area contributed by atoms with Crippen LogP contribution in [-0.4, -0.2) is 54.7 Å². The largest absolute Gasteiger partial charge is 0.480 e. The van der Waals surface area contributed by atoms with Gasteiger partial charge in [0, 0.05) is 13.6 Å². The first-order valence-corrected chi connectivity index (χ1v) is 7.62. The Hall–Kier alpha value is -1.44. The van der Waals surface area contributed by atoms with Crippen molar-refractivity contribution < 1.29 is 19.5 Å². The molecule has 0 aromatic rings. The van der Waals surface area contributed by atoms with Gasteiger partial charge in [0.15, 0.2) is 0 Å². The minimum atomic E-state index is -1.07. The number of amides is 3.